The molecule has 41 heavy (non-hydrogen) atoms. The van der Waals surface area contributed by atoms with E-state index in [1.165, 1.54) is 18.2 Å². The first-order chi connectivity index (χ1) is 19.4. The maximum Gasteiger partial charge on any atom is 0.416 e. The quantitative estimate of drug-likeness (QED) is 0.173. The largest absolute Gasteiger partial charge is 0.416 e. The number of benzene rings is 2. The lowest BCUT2D eigenvalue weighted by Crippen LogP contribution is -2.51. The predicted molar refractivity (Wildman–Crippen MR) is 154 cm³/mol. The zero-order chi connectivity index (χ0) is 30.0. The minimum atomic E-state index is -4.49. The Labute approximate surface area is 238 Å². The van der Waals surface area contributed by atoms with E-state index < -0.39 is 29.5 Å². The molecule has 0 saturated heterocycles. The summed E-state index contributed by atoms with van der Waals surface area (Å²) in [5.41, 5.74) is 18.5. The molecule has 1 atom stereocenters. The highest BCUT2D eigenvalue weighted by molar-refractivity contribution is 6.04. The van der Waals surface area contributed by atoms with E-state index in [1.807, 2.05) is 30.3 Å². The van der Waals surface area contributed by atoms with E-state index in [1.54, 1.807) is 6.20 Å². The number of allylic oxidation sites excluding steroid dienone is 1. The molecule has 3 aromatic rings. The van der Waals surface area contributed by atoms with Gasteiger partial charge in [0.2, 0.25) is 5.91 Å². The molecule has 0 aliphatic heterocycles. The van der Waals surface area contributed by atoms with Gasteiger partial charge in [-0.05, 0) is 54.3 Å². The van der Waals surface area contributed by atoms with Crippen LogP contribution in [0, 0.1) is 0 Å². The fraction of sp³-hybridized carbons (Fsp3) is 0.367. The molecular weight excluding hydrogens is 533 g/mol. The van der Waals surface area contributed by atoms with Crippen LogP contribution < -0.4 is 22.5 Å². The molecule has 0 aliphatic carbocycles. The standard InChI is InChI=1S/C30H37F3N6O2/c1-39(15-12-34,16-13-35)14-4-6-25(36)29(41)38-27(18-21-8-10-24(11-9-21)30(31,32)33)28(40)19-22-17-23-5-2-3-7-26(23)37-20-22/h2-3,5,7-11,17-18,20,25H,4,6,12-16,19,34-36H2,1H3/p+1/b27-18+/t25-/m0/s1. The number of para-hydroxylation sites is 1. The number of alkyl halides is 3. The van der Waals surface area contributed by atoms with Crippen molar-refractivity contribution in [2.45, 2.75) is 31.5 Å². The van der Waals surface area contributed by atoms with Gasteiger partial charge < -0.3 is 27.0 Å². The van der Waals surface area contributed by atoms with Crippen molar-refractivity contribution < 1.29 is 27.2 Å². The average Bonchev–Trinajstić information content (AvgIpc) is 2.92. The lowest BCUT2D eigenvalue weighted by atomic mass is 10.0. The molecule has 7 N–H and O–H groups in total. The molecular formula is C30H38F3N6O2+. The normalized spacial score (nSPS) is 13.3. The van der Waals surface area contributed by atoms with Gasteiger partial charge >= 0.3 is 6.18 Å². The number of carbonyl (C=O) groups is 2. The molecule has 0 saturated carbocycles. The van der Waals surface area contributed by atoms with Crippen LogP contribution in [0.25, 0.3) is 17.0 Å². The van der Waals surface area contributed by atoms with Crippen LogP contribution in [-0.4, -0.2) is 67.0 Å². The number of hydrogen-bond donors (Lipinski definition) is 4. The van der Waals surface area contributed by atoms with Crippen LogP contribution >= 0.6 is 0 Å². The monoisotopic (exact) mass is 571 g/mol. The minimum Gasteiger partial charge on any atom is -0.326 e. The highest BCUT2D eigenvalue weighted by Gasteiger charge is 2.30. The van der Waals surface area contributed by atoms with Crippen molar-refractivity contribution in [1.29, 1.82) is 0 Å². The number of hydrogen-bond acceptors (Lipinski definition) is 6. The van der Waals surface area contributed by atoms with Crippen LogP contribution in [0.3, 0.4) is 0 Å². The van der Waals surface area contributed by atoms with Crippen molar-refractivity contribution in [3.63, 3.8) is 0 Å². The van der Waals surface area contributed by atoms with Crippen molar-refractivity contribution >= 4 is 28.7 Å². The van der Waals surface area contributed by atoms with E-state index >= 15 is 0 Å². The third-order valence-electron chi connectivity index (χ3n) is 7.01. The number of aromatic nitrogens is 1. The van der Waals surface area contributed by atoms with E-state index in [-0.39, 0.29) is 12.1 Å². The molecule has 0 fully saturated rings. The van der Waals surface area contributed by atoms with Crippen molar-refractivity contribution in [3.05, 3.63) is 83.2 Å². The number of fused-ring (bicyclic) bond motifs is 1. The molecule has 1 heterocycles. The minimum absolute atomic E-state index is 0.0646. The SMILES string of the molecule is C[N+](CCN)(CCN)CCC[C@H](N)C(=O)N/C(=C/c1ccc(C(F)(F)F)cc1)C(=O)Cc1cnc2ccccc2c1. The summed E-state index contributed by atoms with van der Waals surface area (Å²) in [4.78, 5) is 30.8. The Morgan fingerprint density at radius 2 is 1.68 bits per heavy atom. The van der Waals surface area contributed by atoms with Crippen LogP contribution in [0.2, 0.25) is 0 Å². The highest BCUT2D eigenvalue weighted by Crippen LogP contribution is 2.29. The lowest BCUT2D eigenvalue weighted by Gasteiger charge is -2.34. The fourth-order valence-corrected chi connectivity index (χ4v) is 4.62. The Kier molecular flexibility index (Phi) is 11.1. The zero-order valence-electron chi connectivity index (χ0n) is 23.2. The molecule has 8 nitrogen and oxygen atoms in total. The second kappa shape index (κ2) is 14.3. The topological polar surface area (TPSA) is 137 Å². The first-order valence-corrected chi connectivity index (χ1v) is 13.5. The molecule has 0 aliphatic rings. The third kappa shape index (κ3) is 9.46. The maximum atomic E-state index is 13.4. The first-order valence-electron chi connectivity index (χ1n) is 13.5. The number of amides is 1. The van der Waals surface area contributed by atoms with Gasteiger partial charge in [0.1, 0.15) is 0 Å². The summed E-state index contributed by atoms with van der Waals surface area (Å²) in [6.45, 7) is 3.25. The number of pyridine rings is 1. The summed E-state index contributed by atoms with van der Waals surface area (Å²) < 4.78 is 39.7. The zero-order valence-corrected chi connectivity index (χ0v) is 23.2. The number of Topliss-reactive ketones (excluding diaryl/α,β-unsaturated/α-hetero) is 1. The summed E-state index contributed by atoms with van der Waals surface area (Å²) in [5.74, 6) is -0.988. The Morgan fingerprint density at radius 3 is 2.32 bits per heavy atom. The van der Waals surface area contributed by atoms with Crippen molar-refractivity contribution in [2.75, 3.05) is 39.8 Å². The van der Waals surface area contributed by atoms with Gasteiger partial charge in [-0.15, -0.1) is 0 Å². The molecule has 1 aromatic heterocycles. The molecule has 0 spiro atoms. The number of rotatable bonds is 14. The average molecular weight is 572 g/mol. The summed E-state index contributed by atoms with van der Waals surface area (Å²) in [5, 5.41) is 3.48. The Balaban J connectivity index is 1.77. The second-order valence-electron chi connectivity index (χ2n) is 10.4. The van der Waals surface area contributed by atoms with E-state index in [2.05, 4.69) is 17.3 Å². The Hall–Kier alpha value is -3.64. The van der Waals surface area contributed by atoms with Crippen molar-refractivity contribution in [1.82, 2.24) is 10.3 Å². The maximum absolute atomic E-state index is 13.4. The van der Waals surface area contributed by atoms with Gasteiger partial charge in [0.25, 0.3) is 0 Å². The smallest absolute Gasteiger partial charge is 0.326 e. The molecule has 2 aromatic carbocycles. The van der Waals surface area contributed by atoms with Gasteiger partial charge in [-0.2, -0.15) is 13.2 Å². The Bertz CT molecular complexity index is 1350. The molecule has 11 heteroatoms. The number of nitrogens with one attached hydrogen (secondary N) is 1. The number of quaternary nitrogens is 1. The Morgan fingerprint density at radius 1 is 1.02 bits per heavy atom. The van der Waals surface area contributed by atoms with Gasteiger partial charge in [-0.3, -0.25) is 14.6 Å². The number of carbonyl (C=O) groups excluding carboxylic acids is 2. The van der Waals surface area contributed by atoms with Crippen molar-refractivity contribution in [3.8, 4) is 0 Å². The molecule has 1 amide bonds. The molecule has 0 radical (unpaired) electrons. The van der Waals surface area contributed by atoms with Crippen LogP contribution in [-0.2, 0) is 22.2 Å². The molecule has 0 unspecified atom stereocenters. The van der Waals surface area contributed by atoms with E-state index in [4.69, 9.17) is 17.2 Å². The summed E-state index contributed by atoms with van der Waals surface area (Å²) in [6, 6.07) is 12.7. The van der Waals surface area contributed by atoms with Crippen LogP contribution in [0.15, 0.2) is 66.5 Å². The number of ketones is 1. The van der Waals surface area contributed by atoms with E-state index in [0.29, 0.717) is 41.5 Å². The van der Waals surface area contributed by atoms with Gasteiger partial charge in [-0.1, -0.05) is 30.3 Å². The number of nitrogens with two attached hydrogens (primary N) is 3. The highest BCUT2D eigenvalue weighted by atomic mass is 19.4. The number of likely N-dealkylation sites (N-methyl/N-ethyl adjacent to an activating group) is 1. The second-order valence-corrected chi connectivity index (χ2v) is 10.4. The van der Waals surface area contributed by atoms with E-state index in [0.717, 1.165) is 42.7 Å². The van der Waals surface area contributed by atoms with Gasteiger partial charge in [-0.25, -0.2) is 0 Å². The van der Waals surface area contributed by atoms with Gasteiger partial charge in [0.15, 0.2) is 5.78 Å². The molecule has 220 valence electrons. The molecule has 3 rings (SSSR count). The number of nitrogens with zero attached hydrogens (tertiary/aromatic N) is 2. The predicted octanol–water partition coefficient (Wildman–Crippen LogP) is 2.99. The van der Waals surface area contributed by atoms with Crippen molar-refractivity contribution in [2.24, 2.45) is 17.2 Å². The van der Waals surface area contributed by atoms with Crippen LogP contribution in [0.5, 0.6) is 0 Å². The molecule has 0 bridgehead atoms. The van der Waals surface area contributed by atoms with Gasteiger partial charge in [0, 0.05) is 31.1 Å². The number of halogens is 3. The van der Waals surface area contributed by atoms with Crippen LogP contribution in [0.4, 0.5) is 13.2 Å². The third-order valence-corrected chi connectivity index (χ3v) is 7.01. The van der Waals surface area contributed by atoms with Gasteiger partial charge in [0.05, 0.1) is 49.5 Å². The first kappa shape index (κ1) is 31.9. The van der Waals surface area contributed by atoms with E-state index in [9.17, 15) is 22.8 Å². The summed E-state index contributed by atoms with van der Waals surface area (Å²) in [7, 11) is 2.05. The summed E-state index contributed by atoms with van der Waals surface area (Å²) in [6.07, 6.45) is -0.619. The van der Waals surface area contributed by atoms with Crippen LogP contribution in [0.1, 0.15) is 29.5 Å². The summed E-state index contributed by atoms with van der Waals surface area (Å²) >= 11 is 0. The lowest BCUT2D eigenvalue weighted by molar-refractivity contribution is -0.907. The fourth-order valence-electron chi connectivity index (χ4n) is 4.62.